The van der Waals surface area contributed by atoms with E-state index in [9.17, 15) is 26.8 Å². The van der Waals surface area contributed by atoms with Gasteiger partial charge in [0.2, 0.25) is 11.8 Å². The summed E-state index contributed by atoms with van der Waals surface area (Å²) in [6.45, 7) is 2.98. The van der Waals surface area contributed by atoms with Gasteiger partial charge < -0.3 is 10.2 Å². The number of halogens is 2. The fourth-order valence-corrected chi connectivity index (χ4v) is 7.56. The number of benzene rings is 1. The van der Waals surface area contributed by atoms with Crippen LogP contribution in [0, 0.1) is 11.8 Å². The molecule has 38 heavy (non-hydrogen) atoms. The highest BCUT2D eigenvalue weighted by Gasteiger charge is 2.53. The summed E-state index contributed by atoms with van der Waals surface area (Å²) < 4.78 is 57.0. The first-order valence-electron chi connectivity index (χ1n) is 12.7. The maximum Gasteiger partial charge on any atom is 0.267 e. The highest BCUT2D eigenvalue weighted by Crippen LogP contribution is 2.43. The molecule has 2 amide bonds. The van der Waals surface area contributed by atoms with E-state index < -0.39 is 63.2 Å². The van der Waals surface area contributed by atoms with E-state index in [4.69, 9.17) is 0 Å². The molecule has 0 radical (unpaired) electrons. The van der Waals surface area contributed by atoms with Gasteiger partial charge in [-0.05, 0) is 50.6 Å². The second-order valence-electron chi connectivity index (χ2n) is 10.7. The fraction of sp³-hybridized carbons (Fsp3) is 0.538. The van der Waals surface area contributed by atoms with Crippen molar-refractivity contribution in [2.24, 2.45) is 23.9 Å². The van der Waals surface area contributed by atoms with Gasteiger partial charge in [-0.25, -0.2) is 17.2 Å². The Morgan fingerprint density at radius 2 is 1.92 bits per heavy atom. The zero-order valence-electron chi connectivity index (χ0n) is 21.1. The van der Waals surface area contributed by atoms with Crippen molar-refractivity contribution in [3.63, 3.8) is 0 Å². The van der Waals surface area contributed by atoms with Gasteiger partial charge in [-0.1, -0.05) is 12.1 Å². The van der Waals surface area contributed by atoms with Gasteiger partial charge in [0.05, 0.1) is 46.3 Å². The van der Waals surface area contributed by atoms with Gasteiger partial charge >= 0.3 is 0 Å². The molecule has 1 aliphatic heterocycles. The van der Waals surface area contributed by atoms with Crippen LogP contribution in [-0.4, -0.2) is 78.0 Å². The van der Waals surface area contributed by atoms with E-state index in [0.717, 1.165) is 10.6 Å². The normalized spacial score (nSPS) is 25.8. The third-order valence-electron chi connectivity index (χ3n) is 8.03. The van der Waals surface area contributed by atoms with E-state index in [1.54, 1.807) is 42.2 Å². The quantitative estimate of drug-likeness (QED) is 0.510. The highest BCUT2D eigenvalue weighted by molar-refractivity contribution is 7.92. The molecule has 3 aliphatic rings. The van der Waals surface area contributed by atoms with Crippen LogP contribution in [0.25, 0.3) is 11.3 Å². The first-order valence-corrected chi connectivity index (χ1v) is 14.2. The lowest BCUT2D eigenvalue weighted by atomic mass is 9.93. The van der Waals surface area contributed by atoms with E-state index >= 15 is 0 Å². The summed E-state index contributed by atoms with van der Waals surface area (Å²) in [5.74, 6) is -5.96. The summed E-state index contributed by atoms with van der Waals surface area (Å²) in [7, 11) is -2.19. The van der Waals surface area contributed by atoms with Crippen molar-refractivity contribution in [1.29, 1.82) is 0 Å². The summed E-state index contributed by atoms with van der Waals surface area (Å²) >= 11 is 0. The Bertz CT molecular complexity index is 1370. The van der Waals surface area contributed by atoms with Crippen LogP contribution >= 0.6 is 0 Å². The molecule has 1 saturated heterocycles. The van der Waals surface area contributed by atoms with Crippen molar-refractivity contribution < 1.29 is 26.8 Å². The summed E-state index contributed by atoms with van der Waals surface area (Å²) in [6, 6.07) is 8.25. The molecule has 0 bridgehead atoms. The van der Waals surface area contributed by atoms with E-state index in [-0.39, 0.29) is 24.3 Å². The van der Waals surface area contributed by atoms with Crippen molar-refractivity contribution in [3.8, 4) is 11.3 Å². The molecule has 1 aromatic heterocycles. The largest absolute Gasteiger partial charge is 0.349 e. The number of amides is 2. The van der Waals surface area contributed by atoms with E-state index in [1.807, 2.05) is 0 Å². The van der Waals surface area contributed by atoms with Crippen molar-refractivity contribution in [2.45, 2.75) is 53.7 Å². The molecule has 204 valence electrons. The molecule has 2 aliphatic carbocycles. The fourth-order valence-electron chi connectivity index (χ4n) is 5.69. The minimum Gasteiger partial charge on any atom is -0.349 e. The van der Waals surface area contributed by atoms with Crippen LogP contribution < -0.4 is 5.32 Å². The number of likely N-dealkylation sites (tertiary alicyclic amines) is 1. The molecule has 2 aromatic rings. The number of hydrogen-bond donors (Lipinski definition) is 1. The molecule has 2 heterocycles. The van der Waals surface area contributed by atoms with Gasteiger partial charge in [-0.2, -0.15) is 5.10 Å². The van der Waals surface area contributed by atoms with Crippen LogP contribution in [-0.2, 0) is 26.5 Å². The lowest BCUT2D eigenvalue weighted by Crippen LogP contribution is -2.46. The highest BCUT2D eigenvalue weighted by atomic mass is 32.2. The van der Waals surface area contributed by atoms with E-state index in [0.29, 0.717) is 24.9 Å². The Morgan fingerprint density at radius 3 is 2.53 bits per heavy atom. The zero-order chi connectivity index (χ0) is 27.3. The third kappa shape index (κ3) is 4.97. The molecule has 9 nitrogen and oxygen atoms in total. The predicted molar refractivity (Wildman–Crippen MR) is 136 cm³/mol. The van der Waals surface area contributed by atoms with Gasteiger partial charge in [-0.3, -0.25) is 19.3 Å². The Balaban J connectivity index is 1.42. The Morgan fingerprint density at radius 1 is 1.18 bits per heavy atom. The molecule has 5 rings (SSSR count). The van der Waals surface area contributed by atoms with Crippen molar-refractivity contribution in [1.82, 2.24) is 20.0 Å². The monoisotopic (exact) mass is 547 g/mol. The average Bonchev–Trinajstić information content (AvgIpc) is 3.21. The van der Waals surface area contributed by atoms with Gasteiger partial charge in [0.15, 0.2) is 9.84 Å². The Hall–Kier alpha value is -3.15. The number of aromatic nitrogens is 2. The number of nitrogens with one attached hydrogen (secondary N) is 1. The lowest BCUT2D eigenvalue weighted by Gasteiger charge is -2.25. The number of aryl methyl sites for hydroxylation is 1. The topological polar surface area (TPSA) is 114 Å². The predicted octanol–water partition coefficient (Wildman–Crippen LogP) is 2.47. The zero-order valence-corrected chi connectivity index (χ0v) is 22.0. The summed E-state index contributed by atoms with van der Waals surface area (Å²) in [6.07, 6.45) is 2.42. The molecular formula is C26H31F2N5O4S. The summed E-state index contributed by atoms with van der Waals surface area (Å²) in [5.41, 5.74) is 0.874. The van der Waals surface area contributed by atoms with Gasteiger partial charge in [0.1, 0.15) is 0 Å². The van der Waals surface area contributed by atoms with Crippen LogP contribution in [0.3, 0.4) is 0 Å². The number of aliphatic imine (C=N–C) groups is 1. The number of hydrogen-bond acceptors (Lipinski definition) is 6. The van der Waals surface area contributed by atoms with Crippen LogP contribution in [0.5, 0.6) is 0 Å². The first kappa shape index (κ1) is 26.5. The second-order valence-corrected chi connectivity index (χ2v) is 13.0. The number of sulfone groups is 1. The van der Waals surface area contributed by atoms with Crippen molar-refractivity contribution in [3.05, 3.63) is 36.5 Å². The Kier molecular flexibility index (Phi) is 6.65. The SMILES string of the molecule is C=NCC1(NC(=O)C2CC(S(=O)(=O)c3cccc(-c4ccnn4C)c3)CC2C(=O)N2CCC(F)(F)C2)CC1. The second kappa shape index (κ2) is 9.55. The standard InChI is InChI=1S/C26H31F2N5O4S/c1-29-15-25(7-8-25)31-23(34)20-13-19(14-21(20)24(35)33-11-9-26(27,28)16-33)38(36,37)18-5-3-4-17(12-18)22-6-10-30-32(22)2/h3-6,10,12,19-21H,1,7-9,11,13-16H2,2H3,(H,31,34). The van der Waals surface area contributed by atoms with Crippen molar-refractivity contribution in [2.75, 3.05) is 19.6 Å². The number of carbonyl (C=O) groups excluding carboxylic acids is 2. The molecule has 1 N–H and O–H groups in total. The summed E-state index contributed by atoms with van der Waals surface area (Å²) in [4.78, 5) is 31.8. The smallest absolute Gasteiger partial charge is 0.267 e. The van der Waals surface area contributed by atoms with E-state index in [2.05, 4.69) is 22.1 Å². The summed E-state index contributed by atoms with van der Waals surface area (Å²) in [5, 5.41) is 6.07. The molecular weight excluding hydrogens is 516 g/mol. The number of alkyl halides is 2. The molecule has 3 fully saturated rings. The number of rotatable bonds is 8. The molecule has 12 heteroatoms. The lowest BCUT2D eigenvalue weighted by molar-refractivity contribution is -0.141. The van der Waals surface area contributed by atoms with Gasteiger partial charge in [-0.15, -0.1) is 0 Å². The Labute approximate surface area is 220 Å². The number of nitrogens with zero attached hydrogens (tertiary/aromatic N) is 4. The van der Waals surface area contributed by atoms with E-state index in [1.165, 1.54) is 6.07 Å². The maximum atomic E-state index is 13.9. The van der Waals surface area contributed by atoms with Gasteiger partial charge in [0.25, 0.3) is 5.92 Å². The molecule has 3 atom stereocenters. The van der Waals surface area contributed by atoms with Crippen LogP contribution in [0.1, 0.15) is 32.1 Å². The van der Waals surface area contributed by atoms with Crippen molar-refractivity contribution >= 4 is 28.4 Å². The molecule has 2 saturated carbocycles. The van der Waals surface area contributed by atoms with Crippen LogP contribution in [0.15, 0.2) is 46.4 Å². The third-order valence-corrected chi connectivity index (χ3v) is 10.2. The average molecular weight is 548 g/mol. The van der Waals surface area contributed by atoms with Crippen LogP contribution in [0.2, 0.25) is 0 Å². The minimum absolute atomic E-state index is 0.0671. The first-order chi connectivity index (χ1) is 17.9. The molecule has 0 spiro atoms. The maximum absolute atomic E-state index is 13.9. The van der Waals surface area contributed by atoms with Crippen LogP contribution in [0.4, 0.5) is 8.78 Å². The molecule has 3 unspecified atom stereocenters. The molecule has 1 aromatic carbocycles. The number of carbonyl (C=O) groups is 2. The van der Waals surface area contributed by atoms with Gasteiger partial charge in [0, 0.05) is 31.8 Å². The minimum atomic E-state index is -3.94.